The third kappa shape index (κ3) is 5.49. The predicted molar refractivity (Wildman–Crippen MR) is 116 cm³/mol. The Morgan fingerprint density at radius 1 is 1.06 bits per heavy atom. The molecule has 0 aliphatic carbocycles. The number of benzene rings is 2. The normalized spacial score (nSPS) is 13.0. The summed E-state index contributed by atoms with van der Waals surface area (Å²) in [5.41, 5.74) is -0.464. The van der Waals surface area contributed by atoms with Crippen molar-refractivity contribution in [1.82, 2.24) is 4.57 Å². The molecule has 0 radical (unpaired) electrons. The zero-order valence-corrected chi connectivity index (χ0v) is 18.5. The smallest absolute Gasteiger partial charge is 0.347 e. The predicted octanol–water partition coefficient (Wildman–Crippen LogP) is 4.21. The van der Waals surface area contributed by atoms with Crippen molar-refractivity contribution in [3.63, 3.8) is 0 Å². The van der Waals surface area contributed by atoms with Gasteiger partial charge in [0.25, 0.3) is 0 Å². The van der Waals surface area contributed by atoms with Gasteiger partial charge in [-0.3, -0.25) is 0 Å². The third-order valence-corrected chi connectivity index (χ3v) is 5.08. The van der Waals surface area contributed by atoms with Gasteiger partial charge in [-0.1, -0.05) is 6.92 Å². The average Bonchev–Trinajstić information content (AvgIpc) is 3.08. The molecular formula is C22H25NO7S. The molecule has 1 unspecified atom stereocenters. The standard InChI is InChI=1S/C22H25NO7S/c1-5-20(28-16-6-8-17(9-7-16)29-22(2,3)21(24)25)23-13-12-15-14-18(10-11-19(15)23)30-31(4,26)27/h6-14,20H,5H2,1-4H3,(H,24,25). The number of carboxylic acid groups (broad SMARTS) is 1. The summed E-state index contributed by atoms with van der Waals surface area (Å²) in [7, 11) is -3.59. The van der Waals surface area contributed by atoms with Gasteiger partial charge in [-0.15, -0.1) is 0 Å². The topological polar surface area (TPSA) is 104 Å². The Bertz CT molecular complexity index is 1180. The molecule has 0 saturated carbocycles. The highest BCUT2D eigenvalue weighted by Crippen LogP contribution is 2.29. The minimum Gasteiger partial charge on any atom is -0.478 e. The lowest BCUT2D eigenvalue weighted by molar-refractivity contribution is -0.152. The largest absolute Gasteiger partial charge is 0.478 e. The summed E-state index contributed by atoms with van der Waals surface area (Å²) in [6.07, 6.45) is 3.25. The van der Waals surface area contributed by atoms with Crippen LogP contribution in [0.15, 0.2) is 54.7 Å². The van der Waals surface area contributed by atoms with Crippen molar-refractivity contribution in [3.05, 3.63) is 54.7 Å². The first kappa shape index (κ1) is 22.5. The lowest BCUT2D eigenvalue weighted by Crippen LogP contribution is -2.37. The van der Waals surface area contributed by atoms with Crippen LogP contribution in [0.4, 0.5) is 0 Å². The Labute approximate surface area is 181 Å². The van der Waals surface area contributed by atoms with Crippen molar-refractivity contribution in [3.8, 4) is 17.2 Å². The maximum absolute atomic E-state index is 11.3. The lowest BCUT2D eigenvalue weighted by Gasteiger charge is -2.23. The van der Waals surface area contributed by atoms with Crippen LogP contribution in [0.25, 0.3) is 10.9 Å². The maximum atomic E-state index is 11.3. The number of aliphatic carboxylic acids is 1. The number of rotatable bonds is 9. The van der Waals surface area contributed by atoms with Crippen LogP contribution in [0.5, 0.6) is 17.2 Å². The molecule has 1 aromatic heterocycles. The van der Waals surface area contributed by atoms with E-state index in [1.807, 2.05) is 23.8 Å². The van der Waals surface area contributed by atoms with E-state index in [1.165, 1.54) is 13.8 Å². The molecule has 3 aromatic rings. The summed E-state index contributed by atoms with van der Waals surface area (Å²) in [5, 5.41) is 10.0. The number of carbonyl (C=O) groups is 1. The first-order chi connectivity index (χ1) is 14.5. The summed E-state index contributed by atoms with van der Waals surface area (Å²) in [6.45, 7) is 4.96. The van der Waals surface area contributed by atoms with Crippen molar-refractivity contribution < 1.29 is 32.0 Å². The second kappa shape index (κ2) is 8.50. The average molecular weight is 448 g/mol. The molecular weight excluding hydrogens is 422 g/mol. The molecule has 0 fully saturated rings. The van der Waals surface area contributed by atoms with Gasteiger partial charge in [0.05, 0.1) is 11.8 Å². The van der Waals surface area contributed by atoms with E-state index in [9.17, 15) is 18.3 Å². The van der Waals surface area contributed by atoms with E-state index in [2.05, 4.69) is 0 Å². The second-order valence-electron chi connectivity index (χ2n) is 7.60. The van der Waals surface area contributed by atoms with Crippen molar-refractivity contribution >= 4 is 27.0 Å². The zero-order chi connectivity index (χ0) is 22.8. The first-order valence-corrected chi connectivity index (χ1v) is 11.5. The molecule has 0 saturated heterocycles. The number of nitrogens with zero attached hydrogens (tertiary/aromatic N) is 1. The van der Waals surface area contributed by atoms with Gasteiger partial charge in [0.15, 0.2) is 11.8 Å². The Morgan fingerprint density at radius 2 is 1.68 bits per heavy atom. The summed E-state index contributed by atoms with van der Waals surface area (Å²) >= 11 is 0. The van der Waals surface area contributed by atoms with Crippen molar-refractivity contribution in [1.29, 1.82) is 0 Å². The molecule has 1 N–H and O–H groups in total. The highest BCUT2D eigenvalue weighted by molar-refractivity contribution is 7.86. The highest BCUT2D eigenvalue weighted by atomic mass is 32.2. The molecule has 1 atom stereocenters. The fourth-order valence-corrected chi connectivity index (χ4v) is 3.49. The lowest BCUT2D eigenvalue weighted by atomic mass is 10.1. The molecule has 3 rings (SSSR count). The SMILES string of the molecule is CCC(Oc1ccc(OC(C)(C)C(=O)O)cc1)n1ccc2cc(OS(C)(=O)=O)ccc21. The van der Waals surface area contributed by atoms with Crippen LogP contribution in [0.3, 0.4) is 0 Å². The third-order valence-electron chi connectivity index (χ3n) is 4.58. The van der Waals surface area contributed by atoms with Crippen molar-refractivity contribution in [2.45, 2.75) is 39.0 Å². The molecule has 1 heterocycles. The second-order valence-corrected chi connectivity index (χ2v) is 9.18. The van der Waals surface area contributed by atoms with E-state index >= 15 is 0 Å². The van der Waals surface area contributed by atoms with E-state index in [0.29, 0.717) is 17.9 Å². The zero-order valence-electron chi connectivity index (χ0n) is 17.7. The molecule has 0 bridgehead atoms. The number of hydrogen-bond acceptors (Lipinski definition) is 6. The first-order valence-electron chi connectivity index (χ1n) is 9.67. The molecule has 0 spiro atoms. The van der Waals surface area contributed by atoms with Crippen LogP contribution >= 0.6 is 0 Å². The summed E-state index contributed by atoms with van der Waals surface area (Å²) < 4.78 is 41.2. The maximum Gasteiger partial charge on any atom is 0.347 e. The molecule has 2 aromatic carbocycles. The number of carboxylic acids is 1. The molecule has 9 heteroatoms. The van der Waals surface area contributed by atoms with E-state index in [1.54, 1.807) is 42.5 Å². The van der Waals surface area contributed by atoms with Crippen LogP contribution in [0.2, 0.25) is 0 Å². The van der Waals surface area contributed by atoms with Gasteiger partial charge >= 0.3 is 16.1 Å². The van der Waals surface area contributed by atoms with Gasteiger partial charge in [0.2, 0.25) is 0 Å². The Kier molecular flexibility index (Phi) is 6.17. The van der Waals surface area contributed by atoms with Crippen LogP contribution in [0.1, 0.15) is 33.4 Å². The Hall–Kier alpha value is -3.20. The van der Waals surface area contributed by atoms with Crippen molar-refractivity contribution in [2.24, 2.45) is 0 Å². The van der Waals surface area contributed by atoms with E-state index in [4.69, 9.17) is 13.7 Å². The van der Waals surface area contributed by atoms with Gasteiger partial charge in [-0.2, -0.15) is 8.42 Å². The quantitative estimate of drug-likeness (QED) is 0.490. The molecule has 0 aliphatic rings. The van der Waals surface area contributed by atoms with E-state index in [-0.39, 0.29) is 12.0 Å². The van der Waals surface area contributed by atoms with Crippen LogP contribution in [0, 0.1) is 0 Å². The summed E-state index contributed by atoms with van der Waals surface area (Å²) in [5.74, 6) is 0.230. The number of fused-ring (bicyclic) bond motifs is 1. The van der Waals surface area contributed by atoms with Crippen molar-refractivity contribution in [2.75, 3.05) is 6.26 Å². The molecule has 8 nitrogen and oxygen atoms in total. The number of ether oxygens (including phenoxy) is 2. The van der Waals surface area contributed by atoms with E-state index in [0.717, 1.165) is 17.2 Å². The van der Waals surface area contributed by atoms with Crippen LogP contribution in [-0.2, 0) is 14.9 Å². The van der Waals surface area contributed by atoms with Gasteiger partial charge in [0.1, 0.15) is 17.2 Å². The van der Waals surface area contributed by atoms with E-state index < -0.39 is 21.7 Å². The molecule has 0 aliphatic heterocycles. The highest BCUT2D eigenvalue weighted by Gasteiger charge is 2.29. The van der Waals surface area contributed by atoms with Gasteiger partial charge in [-0.25, -0.2) is 4.79 Å². The number of aromatic nitrogens is 1. The minimum absolute atomic E-state index is 0.251. The monoisotopic (exact) mass is 447 g/mol. The molecule has 31 heavy (non-hydrogen) atoms. The van der Waals surface area contributed by atoms with Gasteiger partial charge in [-0.05, 0) is 62.4 Å². The fraction of sp³-hybridized carbons (Fsp3) is 0.318. The summed E-state index contributed by atoms with van der Waals surface area (Å²) in [4.78, 5) is 11.2. The van der Waals surface area contributed by atoms with Gasteiger partial charge < -0.3 is 23.3 Å². The molecule has 0 amide bonds. The minimum atomic E-state index is -3.59. The number of hydrogen-bond donors (Lipinski definition) is 1. The summed E-state index contributed by atoms with van der Waals surface area (Å²) in [6, 6.07) is 13.7. The van der Waals surface area contributed by atoms with Gasteiger partial charge in [0, 0.05) is 18.0 Å². The Balaban J connectivity index is 1.78. The molecule has 166 valence electrons. The van der Waals surface area contributed by atoms with Crippen LogP contribution in [-0.4, -0.2) is 35.9 Å². The Morgan fingerprint density at radius 3 is 2.26 bits per heavy atom. The fourth-order valence-electron chi connectivity index (χ4n) is 3.04. The van der Waals surface area contributed by atoms with Crippen LogP contribution < -0.4 is 13.7 Å².